The summed E-state index contributed by atoms with van der Waals surface area (Å²) < 4.78 is 10.5. The molecule has 4 rings (SSSR count). The summed E-state index contributed by atoms with van der Waals surface area (Å²) in [5.74, 6) is -0.0385. The molecule has 0 unspecified atom stereocenters. The van der Waals surface area contributed by atoms with E-state index in [1.165, 1.54) is 7.11 Å². The van der Waals surface area contributed by atoms with Gasteiger partial charge in [0.1, 0.15) is 6.04 Å². The molecule has 182 valence electrons. The van der Waals surface area contributed by atoms with Crippen LogP contribution in [-0.4, -0.2) is 54.2 Å². The Hall–Kier alpha value is -3.84. The molecule has 3 aromatic rings. The van der Waals surface area contributed by atoms with Gasteiger partial charge in [0.15, 0.2) is 11.5 Å². The van der Waals surface area contributed by atoms with Crippen molar-refractivity contribution in [2.75, 3.05) is 20.3 Å². The third-order valence-electron chi connectivity index (χ3n) is 6.18. The van der Waals surface area contributed by atoms with Crippen LogP contribution >= 0.6 is 0 Å². The molecule has 7 nitrogen and oxygen atoms in total. The number of likely N-dealkylation sites (tertiary alicyclic amines) is 1. The Bertz CT molecular complexity index is 1180. The molecule has 0 aliphatic carbocycles. The van der Waals surface area contributed by atoms with E-state index >= 15 is 0 Å². The van der Waals surface area contributed by atoms with Gasteiger partial charge in [0.2, 0.25) is 0 Å². The smallest absolute Gasteiger partial charge is 0.323 e. The van der Waals surface area contributed by atoms with Gasteiger partial charge in [-0.25, -0.2) is 0 Å². The molecule has 1 aliphatic heterocycles. The lowest BCUT2D eigenvalue weighted by atomic mass is 9.99. The molecule has 3 aromatic carbocycles. The fourth-order valence-corrected chi connectivity index (χ4v) is 4.54. The molecule has 2 N–H and O–H groups in total. The summed E-state index contributed by atoms with van der Waals surface area (Å²) in [7, 11) is 1.37. The van der Waals surface area contributed by atoms with Gasteiger partial charge in [-0.1, -0.05) is 54.6 Å². The molecule has 1 saturated heterocycles. The average Bonchev–Trinajstić information content (AvgIpc) is 3.28. The van der Waals surface area contributed by atoms with Crippen LogP contribution in [0.5, 0.6) is 11.5 Å². The van der Waals surface area contributed by atoms with Gasteiger partial charge in [0, 0.05) is 24.7 Å². The van der Waals surface area contributed by atoms with Crippen molar-refractivity contribution in [3.05, 3.63) is 83.9 Å². The van der Waals surface area contributed by atoms with Gasteiger partial charge in [0.25, 0.3) is 5.91 Å². The van der Waals surface area contributed by atoms with Gasteiger partial charge in [-0.2, -0.15) is 0 Å². The quantitative estimate of drug-likeness (QED) is 0.480. The van der Waals surface area contributed by atoms with Crippen LogP contribution in [0.3, 0.4) is 0 Å². The summed E-state index contributed by atoms with van der Waals surface area (Å²) >= 11 is 0. The summed E-state index contributed by atoms with van der Waals surface area (Å²) in [6, 6.07) is 21.7. The Morgan fingerprint density at radius 3 is 2.54 bits per heavy atom. The summed E-state index contributed by atoms with van der Waals surface area (Å²) in [6.07, 6.45) is 0.447. The number of aromatic hydroxyl groups is 1. The highest BCUT2D eigenvalue weighted by Crippen LogP contribution is 2.30. The fourth-order valence-electron chi connectivity index (χ4n) is 4.54. The average molecular weight is 475 g/mol. The number of nitrogens with one attached hydrogen (secondary N) is 1. The molecule has 1 aliphatic rings. The van der Waals surface area contributed by atoms with E-state index < -0.39 is 6.04 Å². The Balaban J connectivity index is 1.51. The fraction of sp³-hybridized carbons (Fsp3) is 0.286. The van der Waals surface area contributed by atoms with Crippen molar-refractivity contribution < 1.29 is 24.2 Å². The minimum absolute atomic E-state index is 0.0729. The van der Waals surface area contributed by atoms with E-state index in [1.807, 2.05) is 66.4 Å². The first-order chi connectivity index (χ1) is 17.0. The zero-order valence-electron chi connectivity index (χ0n) is 19.9. The van der Waals surface area contributed by atoms with Crippen LogP contribution in [0, 0.1) is 0 Å². The van der Waals surface area contributed by atoms with Crippen molar-refractivity contribution in [2.45, 2.75) is 32.0 Å². The SMILES string of the molecule is CCOc1cc(CN2C[C@H](NC(=O)c3ccccc3-c3ccccc3)C[C@H]2C(=O)OC)ccc1O. The molecule has 7 heteroatoms. The highest BCUT2D eigenvalue weighted by molar-refractivity contribution is 6.01. The lowest BCUT2D eigenvalue weighted by molar-refractivity contribution is -0.146. The highest BCUT2D eigenvalue weighted by atomic mass is 16.5. The molecular formula is C28H30N2O5. The number of hydrogen-bond acceptors (Lipinski definition) is 6. The summed E-state index contributed by atoms with van der Waals surface area (Å²) in [6.45, 7) is 3.23. The third kappa shape index (κ3) is 5.63. The van der Waals surface area contributed by atoms with Gasteiger partial charge in [-0.05, 0) is 48.2 Å². The van der Waals surface area contributed by atoms with E-state index in [0.717, 1.165) is 16.7 Å². The second kappa shape index (κ2) is 11.1. The number of rotatable bonds is 8. The number of amides is 1. The molecule has 0 radical (unpaired) electrons. The number of hydrogen-bond donors (Lipinski definition) is 2. The zero-order valence-corrected chi connectivity index (χ0v) is 19.9. The van der Waals surface area contributed by atoms with Crippen LogP contribution in [0.2, 0.25) is 0 Å². The number of phenols is 1. The van der Waals surface area contributed by atoms with Gasteiger partial charge >= 0.3 is 5.97 Å². The molecular weight excluding hydrogens is 444 g/mol. The second-order valence-corrected chi connectivity index (χ2v) is 8.52. The van der Waals surface area contributed by atoms with Gasteiger partial charge in [-0.15, -0.1) is 0 Å². The minimum Gasteiger partial charge on any atom is -0.504 e. The number of carbonyl (C=O) groups is 2. The van der Waals surface area contributed by atoms with Gasteiger partial charge in [0.05, 0.1) is 13.7 Å². The maximum absolute atomic E-state index is 13.3. The maximum atomic E-state index is 13.3. The standard InChI is InChI=1S/C28H30N2O5/c1-3-35-26-15-19(13-14-25(26)31)17-30-18-21(16-24(30)28(33)34-2)29-27(32)23-12-8-7-11-22(23)20-9-5-4-6-10-20/h4-15,21,24,31H,3,16-18H2,1-2H3,(H,29,32)/t21-,24+/m1/s1. The van der Waals surface area contributed by atoms with Crippen LogP contribution in [0.4, 0.5) is 0 Å². The monoisotopic (exact) mass is 474 g/mol. The van der Waals surface area contributed by atoms with E-state index in [9.17, 15) is 14.7 Å². The molecule has 0 bridgehead atoms. The van der Waals surface area contributed by atoms with Crippen molar-refractivity contribution in [3.8, 4) is 22.6 Å². The summed E-state index contributed by atoms with van der Waals surface area (Å²) in [5, 5.41) is 13.1. The number of nitrogens with zero attached hydrogens (tertiary/aromatic N) is 1. The number of ether oxygens (including phenoxy) is 2. The molecule has 0 saturated carbocycles. The van der Waals surface area contributed by atoms with E-state index in [2.05, 4.69) is 5.32 Å². The van der Waals surface area contributed by atoms with E-state index in [4.69, 9.17) is 9.47 Å². The Morgan fingerprint density at radius 2 is 1.80 bits per heavy atom. The molecule has 1 amide bonds. The lowest BCUT2D eigenvalue weighted by Crippen LogP contribution is -2.37. The number of benzene rings is 3. The Labute approximate surface area is 205 Å². The number of phenolic OH excluding ortho intramolecular Hbond substituents is 1. The Morgan fingerprint density at radius 1 is 1.06 bits per heavy atom. The molecule has 35 heavy (non-hydrogen) atoms. The predicted octanol–water partition coefficient (Wildman–Crippen LogP) is 4.00. The molecule has 1 heterocycles. The first kappa shape index (κ1) is 24.3. The largest absolute Gasteiger partial charge is 0.504 e. The molecule has 1 fully saturated rings. The normalized spacial score (nSPS) is 17.7. The van der Waals surface area contributed by atoms with Crippen LogP contribution in [-0.2, 0) is 16.1 Å². The van der Waals surface area contributed by atoms with Crippen molar-refractivity contribution >= 4 is 11.9 Å². The van der Waals surface area contributed by atoms with Gasteiger partial charge in [-0.3, -0.25) is 14.5 Å². The first-order valence-electron chi connectivity index (χ1n) is 11.7. The van der Waals surface area contributed by atoms with Gasteiger partial charge < -0.3 is 19.9 Å². The summed E-state index contributed by atoms with van der Waals surface area (Å²) in [4.78, 5) is 27.8. The first-order valence-corrected chi connectivity index (χ1v) is 11.7. The topological polar surface area (TPSA) is 88.1 Å². The molecule has 0 aromatic heterocycles. The predicted molar refractivity (Wildman–Crippen MR) is 133 cm³/mol. The highest BCUT2D eigenvalue weighted by Gasteiger charge is 2.38. The number of carbonyl (C=O) groups excluding carboxylic acids is 2. The van der Waals surface area contributed by atoms with Crippen LogP contribution in [0.25, 0.3) is 11.1 Å². The Kier molecular flexibility index (Phi) is 7.67. The number of esters is 1. The van der Waals surface area contributed by atoms with Crippen LogP contribution in [0.15, 0.2) is 72.8 Å². The maximum Gasteiger partial charge on any atom is 0.323 e. The van der Waals surface area contributed by atoms with E-state index in [0.29, 0.717) is 37.4 Å². The van der Waals surface area contributed by atoms with Crippen molar-refractivity contribution in [1.82, 2.24) is 10.2 Å². The van der Waals surface area contributed by atoms with Crippen LogP contribution < -0.4 is 10.1 Å². The molecule has 2 atom stereocenters. The van der Waals surface area contributed by atoms with Crippen molar-refractivity contribution in [3.63, 3.8) is 0 Å². The minimum atomic E-state index is -0.487. The van der Waals surface area contributed by atoms with E-state index in [-0.39, 0.29) is 23.7 Å². The number of methoxy groups -OCH3 is 1. The van der Waals surface area contributed by atoms with Crippen molar-refractivity contribution in [1.29, 1.82) is 0 Å². The van der Waals surface area contributed by atoms with E-state index in [1.54, 1.807) is 18.2 Å². The zero-order chi connectivity index (χ0) is 24.8. The second-order valence-electron chi connectivity index (χ2n) is 8.52. The van der Waals surface area contributed by atoms with Crippen molar-refractivity contribution in [2.24, 2.45) is 0 Å². The molecule has 0 spiro atoms. The third-order valence-corrected chi connectivity index (χ3v) is 6.18. The summed E-state index contributed by atoms with van der Waals surface area (Å²) in [5.41, 5.74) is 3.31. The van der Waals surface area contributed by atoms with Crippen LogP contribution in [0.1, 0.15) is 29.3 Å². The lowest BCUT2D eigenvalue weighted by Gasteiger charge is -2.22.